The lowest BCUT2D eigenvalue weighted by Crippen LogP contribution is -2.46. The molecule has 1 aliphatic heterocycles. The maximum absolute atomic E-state index is 13.1. The monoisotopic (exact) mass is 354 g/mol. The van der Waals surface area contributed by atoms with E-state index in [1.54, 1.807) is 10.9 Å². The zero-order valence-electron chi connectivity index (χ0n) is 14.2. The molecule has 0 bridgehead atoms. The predicted molar refractivity (Wildman–Crippen MR) is 98.2 cm³/mol. The van der Waals surface area contributed by atoms with Crippen LogP contribution in [0.2, 0.25) is 0 Å². The molecule has 0 aliphatic carbocycles. The summed E-state index contributed by atoms with van der Waals surface area (Å²) in [5.41, 5.74) is 3.73. The summed E-state index contributed by atoms with van der Waals surface area (Å²) in [5, 5.41) is 8.95. The number of nitrogens with zero attached hydrogens (tertiary/aromatic N) is 4. The number of rotatable bonds is 4. The Morgan fingerprint density at radius 2 is 1.62 bits per heavy atom. The molecule has 0 saturated carbocycles. The van der Waals surface area contributed by atoms with E-state index in [1.165, 1.54) is 12.1 Å². The Kier molecular flexibility index (Phi) is 4.20. The van der Waals surface area contributed by atoms with Crippen molar-refractivity contribution in [2.45, 2.75) is 6.54 Å². The fourth-order valence-electron chi connectivity index (χ4n) is 3.40. The number of carbonyl (C=O) groups is 1. The van der Waals surface area contributed by atoms with Crippen molar-refractivity contribution >= 4 is 28.4 Å². The number of carboxylic acid groups (broad SMARTS) is 1. The first kappa shape index (κ1) is 16.4. The van der Waals surface area contributed by atoms with E-state index in [2.05, 4.69) is 14.8 Å². The first-order valence-corrected chi connectivity index (χ1v) is 8.52. The summed E-state index contributed by atoms with van der Waals surface area (Å²) in [6, 6.07) is 12.5. The van der Waals surface area contributed by atoms with Crippen LogP contribution in [0.15, 0.2) is 48.8 Å². The second-order valence-electron chi connectivity index (χ2n) is 6.39. The molecule has 0 amide bonds. The molecule has 1 fully saturated rings. The van der Waals surface area contributed by atoms with Gasteiger partial charge < -0.3 is 19.5 Å². The van der Waals surface area contributed by atoms with E-state index in [-0.39, 0.29) is 12.4 Å². The van der Waals surface area contributed by atoms with E-state index in [0.717, 1.165) is 48.6 Å². The summed E-state index contributed by atoms with van der Waals surface area (Å²) in [6.45, 7) is 3.35. The van der Waals surface area contributed by atoms with Crippen LogP contribution in [0, 0.1) is 5.82 Å². The number of imidazole rings is 1. The van der Waals surface area contributed by atoms with Gasteiger partial charge >= 0.3 is 5.97 Å². The van der Waals surface area contributed by atoms with Crippen molar-refractivity contribution in [3.05, 3.63) is 54.6 Å². The standard InChI is InChI=1S/C19H19FN4O2/c20-14-1-3-15(4-2-14)22-7-9-23(10-8-22)16-5-6-18-17(11-16)21-13-24(18)12-19(25)26/h1-6,11,13H,7-10,12H2,(H,25,26). The highest BCUT2D eigenvalue weighted by Crippen LogP contribution is 2.24. The smallest absolute Gasteiger partial charge is 0.323 e. The minimum absolute atomic E-state index is 0.0911. The van der Waals surface area contributed by atoms with Gasteiger partial charge in [0.25, 0.3) is 0 Å². The maximum atomic E-state index is 13.1. The van der Waals surface area contributed by atoms with E-state index in [0.29, 0.717) is 0 Å². The molecule has 1 saturated heterocycles. The van der Waals surface area contributed by atoms with E-state index in [1.807, 2.05) is 30.3 Å². The molecule has 0 unspecified atom stereocenters. The fourth-order valence-corrected chi connectivity index (χ4v) is 3.40. The molecule has 6 nitrogen and oxygen atoms in total. The average molecular weight is 354 g/mol. The normalized spacial score (nSPS) is 14.8. The number of carboxylic acids is 1. The lowest BCUT2D eigenvalue weighted by atomic mass is 10.2. The summed E-state index contributed by atoms with van der Waals surface area (Å²) in [6.07, 6.45) is 1.56. The molecule has 0 spiro atoms. The van der Waals surface area contributed by atoms with Crippen LogP contribution in [0.4, 0.5) is 15.8 Å². The molecule has 1 aliphatic rings. The average Bonchev–Trinajstić information content (AvgIpc) is 3.04. The number of aliphatic carboxylic acids is 1. The Hall–Kier alpha value is -3.09. The quantitative estimate of drug-likeness (QED) is 0.780. The third-order valence-electron chi connectivity index (χ3n) is 4.75. The molecule has 7 heteroatoms. The third-order valence-corrected chi connectivity index (χ3v) is 4.75. The van der Waals surface area contributed by atoms with Gasteiger partial charge in [-0.05, 0) is 42.5 Å². The van der Waals surface area contributed by atoms with Gasteiger partial charge in [0, 0.05) is 37.6 Å². The fraction of sp³-hybridized carbons (Fsp3) is 0.263. The Labute approximate surface area is 150 Å². The molecule has 4 rings (SSSR count). The van der Waals surface area contributed by atoms with Crippen LogP contribution in [0.1, 0.15) is 0 Å². The first-order valence-electron chi connectivity index (χ1n) is 8.52. The molecular weight excluding hydrogens is 335 g/mol. The van der Waals surface area contributed by atoms with Gasteiger partial charge in [-0.2, -0.15) is 0 Å². The molecule has 0 atom stereocenters. The highest BCUT2D eigenvalue weighted by Gasteiger charge is 2.18. The van der Waals surface area contributed by atoms with Gasteiger partial charge in [-0.25, -0.2) is 9.37 Å². The maximum Gasteiger partial charge on any atom is 0.323 e. The highest BCUT2D eigenvalue weighted by atomic mass is 19.1. The molecule has 3 aromatic rings. The number of halogens is 1. The first-order chi connectivity index (χ1) is 12.6. The van der Waals surface area contributed by atoms with Crippen LogP contribution in [0.25, 0.3) is 11.0 Å². The Morgan fingerprint density at radius 3 is 2.27 bits per heavy atom. The molecule has 1 aromatic heterocycles. The number of aromatic nitrogens is 2. The second-order valence-corrected chi connectivity index (χ2v) is 6.39. The van der Waals surface area contributed by atoms with Crippen LogP contribution in [-0.2, 0) is 11.3 Å². The zero-order chi connectivity index (χ0) is 18.1. The topological polar surface area (TPSA) is 61.6 Å². The second kappa shape index (κ2) is 6.67. The SMILES string of the molecule is O=C(O)Cn1cnc2cc(N3CCN(c4ccc(F)cc4)CC3)ccc21. The summed E-state index contributed by atoms with van der Waals surface area (Å²) >= 11 is 0. The van der Waals surface area contributed by atoms with Crippen molar-refractivity contribution in [3.8, 4) is 0 Å². The minimum Gasteiger partial charge on any atom is -0.480 e. The van der Waals surface area contributed by atoms with Crippen molar-refractivity contribution in [2.75, 3.05) is 36.0 Å². The molecule has 134 valence electrons. The molecule has 2 aromatic carbocycles. The summed E-state index contributed by atoms with van der Waals surface area (Å²) < 4.78 is 14.7. The molecule has 2 heterocycles. The lowest BCUT2D eigenvalue weighted by molar-refractivity contribution is -0.137. The van der Waals surface area contributed by atoms with Crippen molar-refractivity contribution in [1.82, 2.24) is 9.55 Å². The number of fused-ring (bicyclic) bond motifs is 1. The number of hydrogen-bond acceptors (Lipinski definition) is 4. The Bertz CT molecular complexity index is 930. The van der Waals surface area contributed by atoms with Gasteiger partial charge in [0.15, 0.2) is 0 Å². The summed E-state index contributed by atoms with van der Waals surface area (Å²) in [4.78, 5) is 19.8. The minimum atomic E-state index is -0.884. The van der Waals surface area contributed by atoms with E-state index < -0.39 is 5.97 Å². The number of benzene rings is 2. The molecule has 0 radical (unpaired) electrons. The van der Waals surface area contributed by atoms with Crippen molar-refractivity contribution in [2.24, 2.45) is 0 Å². The van der Waals surface area contributed by atoms with Crippen molar-refractivity contribution < 1.29 is 14.3 Å². The van der Waals surface area contributed by atoms with Crippen LogP contribution in [0.3, 0.4) is 0 Å². The lowest BCUT2D eigenvalue weighted by Gasteiger charge is -2.37. The molecular formula is C19H19FN4O2. The van der Waals surface area contributed by atoms with Gasteiger partial charge in [0.05, 0.1) is 17.4 Å². The summed E-state index contributed by atoms with van der Waals surface area (Å²) in [5.74, 6) is -1.10. The Morgan fingerprint density at radius 1 is 1.00 bits per heavy atom. The zero-order valence-corrected chi connectivity index (χ0v) is 14.2. The van der Waals surface area contributed by atoms with Crippen LogP contribution in [-0.4, -0.2) is 46.8 Å². The Balaban J connectivity index is 1.47. The van der Waals surface area contributed by atoms with Crippen molar-refractivity contribution in [1.29, 1.82) is 0 Å². The van der Waals surface area contributed by atoms with Gasteiger partial charge in [-0.15, -0.1) is 0 Å². The summed E-state index contributed by atoms with van der Waals surface area (Å²) in [7, 11) is 0. The van der Waals surface area contributed by atoms with Gasteiger partial charge in [-0.3, -0.25) is 4.79 Å². The number of anilines is 2. The van der Waals surface area contributed by atoms with Crippen LogP contribution in [0.5, 0.6) is 0 Å². The van der Waals surface area contributed by atoms with E-state index in [9.17, 15) is 9.18 Å². The highest BCUT2D eigenvalue weighted by molar-refractivity contribution is 5.81. The predicted octanol–water partition coefficient (Wildman–Crippen LogP) is 2.59. The molecule has 1 N–H and O–H groups in total. The van der Waals surface area contributed by atoms with Crippen LogP contribution < -0.4 is 9.80 Å². The van der Waals surface area contributed by atoms with E-state index in [4.69, 9.17) is 5.11 Å². The van der Waals surface area contributed by atoms with Gasteiger partial charge in [0.2, 0.25) is 0 Å². The van der Waals surface area contributed by atoms with Crippen LogP contribution >= 0.6 is 0 Å². The third kappa shape index (κ3) is 3.20. The van der Waals surface area contributed by atoms with Crippen molar-refractivity contribution in [3.63, 3.8) is 0 Å². The van der Waals surface area contributed by atoms with Gasteiger partial charge in [0.1, 0.15) is 12.4 Å². The largest absolute Gasteiger partial charge is 0.480 e. The number of hydrogen-bond donors (Lipinski definition) is 1. The van der Waals surface area contributed by atoms with E-state index >= 15 is 0 Å². The molecule has 26 heavy (non-hydrogen) atoms. The number of piperazine rings is 1. The van der Waals surface area contributed by atoms with Gasteiger partial charge in [-0.1, -0.05) is 0 Å².